The molecule has 2 unspecified atom stereocenters. The average Bonchev–Trinajstić information content (AvgIpc) is 2.73. The molecule has 0 radical (unpaired) electrons. The van der Waals surface area contributed by atoms with E-state index in [1.54, 1.807) is 10.9 Å². The number of nitrogens with one attached hydrogen (secondary N) is 1. The van der Waals surface area contributed by atoms with Crippen LogP contribution in [-0.2, 0) is 0 Å². The second kappa shape index (κ2) is 5.41. The molecule has 5 heteroatoms. The van der Waals surface area contributed by atoms with Gasteiger partial charge in [-0.15, -0.1) is 11.3 Å². The van der Waals surface area contributed by atoms with E-state index >= 15 is 0 Å². The van der Waals surface area contributed by atoms with Crippen LogP contribution in [0.25, 0.3) is 0 Å². The molecule has 0 bridgehead atoms. The van der Waals surface area contributed by atoms with E-state index in [0.29, 0.717) is 5.69 Å². The highest BCUT2D eigenvalue weighted by atomic mass is 32.1. The van der Waals surface area contributed by atoms with Gasteiger partial charge in [-0.3, -0.25) is 4.79 Å². The molecule has 0 aliphatic heterocycles. The molecule has 3 N–H and O–H groups in total. The summed E-state index contributed by atoms with van der Waals surface area (Å²) >= 11 is 1.43. The molecule has 0 spiro atoms. The van der Waals surface area contributed by atoms with Crippen molar-refractivity contribution in [1.82, 2.24) is 10.3 Å². The van der Waals surface area contributed by atoms with Crippen LogP contribution >= 0.6 is 11.3 Å². The maximum atomic E-state index is 11.8. The molecule has 88 valence electrons. The smallest absolute Gasteiger partial charge is 0.271 e. The Bertz CT molecular complexity index is 339. The normalized spacial score (nSPS) is 26.1. The van der Waals surface area contributed by atoms with Gasteiger partial charge in [-0.1, -0.05) is 19.3 Å². The summed E-state index contributed by atoms with van der Waals surface area (Å²) < 4.78 is 0. The SMILES string of the molecule is NC1CCCCCC1NC(=O)c1cscn1. The molecule has 1 amide bonds. The van der Waals surface area contributed by atoms with Crippen molar-refractivity contribution in [2.24, 2.45) is 5.73 Å². The lowest BCUT2D eigenvalue weighted by atomic mass is 10.0. The van der Waals surface area contributed by atoms with Gasteiger partial charge in [0, 0.05) is 17.5 Å². The summed E-state index contributed by atoms with van der Waals surface area (Å²) in [5, 5.41) is 4.75. The molecule has 1 aliphatic rings. The van der Waals surface area contributed by atoms with E-state index in [4.69, 9.17) is 5.73 Å². The third-order valence-electron chi connectivity index (χ3n) is 3.05. The third kappa shape index (κ3) is 2.80. The van der Waals surface area contributed by atoms with Crippen molar-refractivity contribution in [3.05, 3.63) is 16.6 Å². The molecule has 0 saturated heterocycles. The van der Waals surface area contributed by atoms with Crippen molar-refractivity contribution in [2.75, 3.05) is 0 Å². The summed E-state index contributed by atoms with van der Waals surface area (Å²) in [6.45, 7) is 0. The zero-order valence-electron chi connectivity index (χ0n) is 9.19. The van der Waals surface area contributed by atoms with E-state index in [1.807, 2.05) is 0 Å². The average molecular weight is 239 g/mol. The van der Waals surface area contributed by atoms with Crippen molar-refractivity contribution in [3.63, 3.8) is 0 Å². The van der Waals surface area contributed by atoms with Crippen LogP contribution in [0.2, 0.25) is 0 Å². The fourth-order valence-electron chi connectivity index (χ4n) is 2.08. The third-order valence-corrected chi connectivity index (χ3v) is 3.64. The lowest BCUT2D eigenvalue weighted by Crippen LogP contribution is -2.47. The zero-order valence-corrected chi connectivity index (χ0v) is 10.0. The minimum absolute atomic E-state index is 0.0880. The first-order chi connectivity index (χ1) is 7.77. The van der Waals surface area contributed by atoms with Crippen LogP contribution < -0.4 is 11.1 Å². The van der Waals surface area contributed by atoms with Crippen molar-refractivity contribution in [3.8, 4) is 0 Å². The molecular weight excluding hydrogens is 222 g/mol. The molecule has 1 aliphatic carbocycles. The number of carbonyl (C=O) groups excluding carboxylic acids is 1. The molecule has 1 fully saturated rings. The van der Waals surface area contributed by atoms with Gasteiger partial charge >= 0.3 is 0 Å². The van der Waals surface area contributed by atoms with Crippen LogP contribution in [-0.4, -0.2) is 23.0 Å². The van der Waals surface area contributed by atoms with Crippen molar-refractivity contribution < 1.29 is 4.79 Å². The molecule has 2 atom stereocenters. The molecule has 4 nitrogen and oxygen atoms in total. The number of carbonyl (C=O) groups is 1. The fraction of sp³-hybridized carbons (Fsp3) is 0.636. The summed E-state index contributed by atoms with van der Waals surface area (Å²) in [5.74, 6) is -0.0939. The maximum absolute atomic E-state index is 11.8. The Labute approximate surface area is 99.3 Å². The largest absolute Gasteiger partial charge is 0.346 e. The number of nitrogens with zero attached hydrogens (tertiary/aromatic N) is 1. The number of aromatic nitrogens is 1. The Kier molecular flexibility index (Phi) is 3.90. The van der Waals surface area contributed by atoms with Gasteiger partial charge < -0.3 is 11.1 Å². The van der Waals surface area contributed by atoms with Crippen LogP contribution in [0, 0.1) is 0 Å². The molecule has 2 rings (SSSR count). The second-order valence-electron chi connectivity index (χ2n) is 4.26. The van der Waals surface area contributed by atoms with Crippen LogP contribution in [0.15, 0.2) is 10.9 Å². The highest BCUT2D eigenvalue weighted by molar-refractivity contribution is 7.07. The molecule has 1 saturated carbocycles. The number of rotatable bonds is 2. The first-order valence-electron chi connectivity index (χ1n) is 5.72. The molecule has 0 aromatic carbocycles. The first kappa shape index (κ1) is 11.5. The predicted molar refractivity (Wildman–Crippen MR) is 64.4 cm³/mol. The van der Waals surface area contributed by atoms with E-state index in [0.717, 1.165) is 19.3 Å². The Morgan fingerprint density at radius 2 is 2.25 bits per heavy atom. The van der Waals surface area contributed by atoms with Gasteiger partial charge in [0.15, 0.2) is 0 Å². The summed E-state index contributed by atoms with van der Waals surface area (Å²) in [5.41, 5.74) is 8.22. The minimum Gasteiger partial charge on any atom is -0.346 e. The Hall–Kier alpha value is -0.940. The first-order valence-corrected chi connectivity index (χ1v) is 6.66. The quantitative estimate of drug-likeness (QED) is 0.769. The van der Waals surface area contributed by atoms with E-state index < -0.39 is 0 Å². The van der Waals surface area contributed by atoms with E-state index in [-0.39, 0.29) is 18.0 Å². The lowest BCUT2D eigenvalue weighted by molar-refractivity contribution is 0.0924. The molecular formula is C11H17N3OS. The standard InChI is InChI=1S/C11H17N3OS/c12-8-4-2-1-3-5-9(8)14-11(15)10-6-16-7-13-10/h6-9H,1-5,12H2,(H,14,15). The minimum atomic E-state index is -0.0939. The number of hydrogen-bond acceptors (Lipinski definition) is 4. The lowest BCUT2D eigenvalue weighted by Gasteiger charge is -2.22. The van der Waals surface area contributed by atoms with Gasteiger partial charge in [0.05, 0.1) is 5.51 Å². The van der Waals surface area contributed by atoms with Gasteiger partial charge in [-0.05, 0) is 12.8 Å². The van der Waals surface area contributed by atoms with Crippen molar-refractivity contribution >= 4 is 17.2 Å². The van der Waals surface area contributed by atoms with Crippen LogP contribution in [0.1, 0.15) is 42.6 Å². The zero-order chi connectivity index (χ0) is 11.4. The monoisotopic (exact) mass is 239 g/mol. The van der Waals surface area contributed by atoms with Crippen LogP contribution in [0.3, 0.4) is 0 Å². The summed E-state index contributed by atoms with van der Waals surface area (Å²) in [4.78, 5) is 15.8. The van der Waals surface area contributed by atoms with Gasteiger partial charge in [-0.25, -0.2) is 4.98 Å². The van der Waals surface area contributed by atoms with E-state index in [1.165, 1.54) is 24.2 Å². The van der Waals surface area contributed by atoms with Gasteiger partial charge in [0.25, 0.3) is 5.91 Å². The topological polar surface area (TPSA) is 68.0 Å². The van der Waals surface area contributed by atoms with E-state index in [9.17, 15) is 4.79 Å². The highest BCUT2D eigenvalue weighted by Gasteiger charge is 2.22. The maximum Gasteiger partial charge on any atom is 0.271 e. The molecule has 1 heterocycles. The number of nitrogens with two attached hydrogens (primary N) is 1. The van der Waals surface area contributed by atoms with Crippen molar-refractivity contribution in [2.45, 2.75) is 44.2 Å². The summed E-state index contributed by atoms with van der Waals surface area (Å²) in [7, 11) is 0. The highest BCUT2D eigenvalue weighted by Crippen LogP contribution is 2.17. The summed E-state index contributed by atoms with van der Waals surface area (Å²) in [6, 6.07) is 0.196. The van der Waals surface area contributed by atoms with Gasteiger partial charge in [0.1, 0.15) is 5.69 Å². The fourth-order valence-corrected chi connectivity index (χ4v) is 2.61. The van der Waals surface area contributed by atoms with Gasteiger partial charge in [-0.2, -0.15) is 0 Å². The Balaban J connectivity index is 1.95. The van der Waals surface area contributed by atoms with Gasteiger partial charge in [0.2, 0.25) is 0 Å². The Morgan fingerprint density at radius 1 is 1.44 bits per heavy atom. The predicted octanol–water partition coefficient (Wildman–Crippen LogP) is 1.53. The number of amides is 1. The van der Waals surface area contributed by atoms with Crippen LogP contribution in [0.4, 0.5) is 0 Å². The number of thiazole rings is 1. The van der Waals surface area contributed by atoms with E-state index in [2.05, 4.69) is 10.3 Å². The van der Waals surface area contributed by atoms with Crippen LogP contribution in [0.5, 0.6) is 0 Å². The summed E-state index contributed by atoms with van der Waals surface area (Å²) in [6.07, 6.45) is 5.52. The Morgan fingerprint density at radius 3 is 3.00 bits per heavy atom. The number of hydrogen-bond donors (Lipinski definition) is 2. The second-order valence-corrected chi connectivity index (χ2v) is 4.97. The molecule has 16 heavy (non-hydrogen) atoms. The molecule has 1 aromatic rings. The molecule has 1 aromatic heterocycles. The van der Waals surface area contributed by atoms with Crippen molar-refractivity contribution in [1.29, 1.82) is 0 Å².